The van der Waals surface area contributed by atoms with Crippen molar-refractivity contribution in [1.29, 1.82) is 0 Å². The molecule has 0 aromatic heterocycles. The van der Waals surface area contributed by atoms with Crippen molar-refractivity contribution in [2.45, 2.75) is 45.3 Å². The zero-order valence-electron chi connectivity index (χ0n) is 15.3. The normalized spacial score (nSPS) is 19.1. The van der Waals surface area contributed by atoms with Crippen LogP contribution in [0.4, 0.5) is 0 Å². The SMILES string of the molecule is COc1ccc(CC(=O)O)c(C=C(CS)B2OC(C)(C)C(C)(C)O2)c1. The zero-order valence-corrected chi connectivity index (χ0v) is 16.2. The summed E-state index contributed by atoms with van der Waals surface area (Å²) in [6.45, 7) is 7.96. The van der Waals surface area contributed by atoms with Crippen LogP contribution in [0.5, 0.6) is 5.75 Å². The van der Waals surface area contributed by atoms with E-state index in [1.807, 2.05) is 39.8 Å². The van der Waals surface area contributed by atoms with Crippen molar-refractivity contribution in [3.63, 3.8) is 0 Å². The number of rotatable bonds is 6. The van der Waals surface area contributed by atoms with Gasteiger partial charge in [0.2, 0.25) is 0 Å². The van der Waals surface area contributed by atoms with E-state index in [1.165, 1.54) is 0 Å². The summed E-state index contributed by atoms with van der Waals surface area (Å²) in [7, 11) is 1.05. The van der Waals surface area contributed by atoms with Crippen molar-refractivity contribution in [2.24, 2.45) is 0 Å². The first-order valence-electron chi connectivity index (χ1n) is 8.15. The molecule has 1 aromatic rings. The molecule has 1 aliphatic rings. The first-order chi connectivity index (χ1) is 11.6. The lowest BCUT2D eigenvalue weighted by Crippen LogP contribution is -2.41. The average Bonchev–Trinajstić information content (AvgIpc) is 2.73. The molecule has 1 heterocycles. The summed E-state index contributed by atoms with van der Waals surface area (Å²) in [5, 5.41) is 9.14. The highest BCUT2D eigenvalue weighted by atomic mass is 32.1. The minimum absolute atomic E-state index is 0.0704. The molecule has 5 nitrogen and oxygen atoms in total. The second kappa shape index (κ2) is 7.44. The Labute approximate surface area is 154 Å². The van der Waals surface area contributed by atoms with E-state index in [-0.39, 0.29) is 6.42 Å². The van der Waals surface area contributed by atoms with E-state index in [0.717, 1.165) is 11.0 Å². The first kappa shape index (κ1) is 19.9. The minimum Gasteiger partial charge on any atom is -0.497 e. The van der Waals surface area contributed by atoms with E-state index in [2.05, 4.69) is 12.6 Å². The molecule has 136 valence electrons. The van der Waals surface area contributed by atoms with Crippen LogP contribution in [0.15, 0.2) is 23.7 Å². The number of hydrogen-bond donors (Lipinski definition) is 2. The van der Waals surface area contributed by atoms with Crippen molar-refractivity contribution < 1.29 is 23.9 Å². The molecule has 7 heteroatoms. The molecule has 1 fully saturated rings. The van der Waals surface area contributed by atoms with E-state index in [1.54, 1.807) is 19.2 Å². The molecule has 1 N–H and O–H groups in total. The lowest BCUT2D eigenvalue weighted by molar-refractivity contribution is -0.136. The molecule has 0 atom stereocenters. The van der Waals surface area contributed by atoms with Gasteiger partial charge in [0.25, 0.3) is 0 Å². The van der Waals surface area contributed by atoms with Crippen LogP contribution in [0.1, 0.15) is 38.8 Å². The summed E-state index contributed by atoms with van der Waals surface area (Å²) < 4.78 is 17.4. The molecule has 0 radical (unpaired) electrons. The number of carbonyl (C=O) groups is 1. The lowest BCUT2D eigenvalue weighted by Gasteiger charge is -2.32. The van der Waals surface area contributed by atoms with Crippen molar-refractivity contribution >= 4 is 31.8 Å². The van der Waals surface area contributed by atoms with Gasteiger partial charge in [-0.15, -0.1) is 0 Å². The van der Waals surface area contributed by atoms with Crippen LogP contribution in [0.25, 0.3) is 6.08 Å². The van der Waals surface area contributed by atoms with Gasteiger partial charge in [0.15, 0.2) is 0 Å². The van der Waals surface area contributed by atoms with Gasteiger partial charge in [-0.2, -0.15) is 12.6 Å². The fourth-order valence-electron chi connectivity index (χ4n) is 2.54. The van der Waals surface area contributed by atoms with Crippen LogP contribution < -0.4 is 4.74 Å². The Balaban J connectivity index is 2.41. The van der Waals surface area contributed by atoms with E-state index in [0.29, 0.717) is 17.1 Å². The Bertz CT molecular complexity index is 668. The Morgan fingerprint density at radius 3 is 2.36 bits per heavy atom. The molecule has 0 saturated carbocycles. The molecule has 1 saturated heterocycles. The summed E-state index contributed by atoms with van der Waals surface area (Å²) >= 11 is 4.41. The molecule has 0 spiro atoms. The summed E-state index contributed by atoms with van der Waals surface area (Å²) in [6, 6.07) is 5.33. The standard InChI is InChI=1S/C18H25BO5S/c1-17(2)18(3,4)24-19(23-17)14(11-25)8-13-9-15(22-5)7-6-12(13)10-16(20)21/h6-9,25H,10-11H2,1-5H3,(H,20,21). The third-order valence-electron chi connectivity index (χ3n) is 4.77. The number of carboxylic acids is 1. The van der Waals surface area contributed by atoms with Gasteiger partial charge in [-0.05, 0) is 56.4 Å². The molecular formula is C18H25BO5S. The maximum atomic E-state index is 11.1. The number of hydrogen-bond acceptors (Lipinski definition) is 5. The van der Waals surface area contributed by atoms with E-state index in [9.17, 15) is 4.79 Å². The van der Waals surface area contributed by atoms with Crippen LogP contribution in [-0.2, 0) is 20.5 Å². The lowest BCUT2D eigenvalue weighted by atomic mass is 9.78. The van der Waals surface area contributed by atoms with Crippen molar-refractivity contribution in [3.05, 3.63) is 34.8 Å². The van der Waals surface area contributed by atoms with E-state index < -0.39 is 24.3 Å². The largest absolute Gasteiger partial charge is 0.497 e. The third-order valence-corrected chi connectivity index (χ3v) is 5.14. The van der Waals surface area contributed by atoms with E-state index in [4.69, 9.17) is 19.2 Å². The average molecular weight is 364 g/mol. The third kappa shape index (κ3) is 4.40. The highest BCUT2D eigenvalue weighted by Crippen LogP contribution is 2.39. The topological polar surface area (TPSA) is 65.0 Å². The predicted octanol–water partition coefficient (Wildman–Crippen LogP) is 3.27. The van der Waals surface area contributed by atoms with E-state index >= 15 is 0 Å². The number of benzene rings is 1. The highest BCUT2D eigenvalue weighted by Gasteiger charge is 2.52. The van der Waals surface area contributed by atoms with Gasteiger partial charge < -0.3 is 19.2 Å². The summed E-state index contributed by atoms with van der Waals surface area (Å²) in [4.78, 5) is 11.1. The summed E-state index contributed by atoms with van der Waals surface area (Å²) in [5.74, 6) is 0.205. The molecule has 0 aliphatic carbocycles. The first-order valence-corrected chi connectivity index (χ1v) is 8.78. The Morgan fingerprint density at radius 2 is 1.88 bits per heavy atom. The molecular weight excluding hydrogens is 339 g/mol. The second-order valence-electron chi connectivity index (χ2n) is 7.10. The fourth-order valence-corrected chi connectivity index (χ4v) is 2.78. The monoisotopic (exact) mass is 364 g/mol. The Kier molecular flexibility index (Phi) is 5.91. The highest BCUT2D eigenvalue weighted by molar-refractivity contribution is 7.80. The molecule has 0 amide bonds. The number of thiol groups is 1. The van der Waals surface area contributed by atoms with Crippen molar-refractivity contribution in [3.8, 4) is 5.75 Å². The fraction of sp³-hybridized carbons (Fsp3) is 0.500. The number of methoxy groups -OCH3 is 1. The maximum absolute atomic E-state index is 11.1. The molecule has 1 aromatic carbocycles. The van der Waals surface area contributed by atoms with Crippen molar-refractivity contribution in [2.75, 3.05) is 12.9 Å². The summed E-state index contributed by atoms with van der Waals surface area (Å²) in [6.07, 6.45) is 1.81. The van der Waals surface area contributed by atoms with Crippen LogP contribution in [0, 0.1) is 0 Å². The molecule has 0 bridgehead atoms. The zero-order chi connectivity index (χ0) is 18.8. The molecule has 0 unspecified atom stereocenters. The number of carboxylic acid groups (broad SMARTS) is 1. The quantitative estimate of drug-likeness (QED) is 0.599. The predicted molar refractivity (Wildman–Crippen MR) is 102 cm³/mol. The second-order valence-corrected chi connectivity index (χ2v) is 7.42. The van der Waals surface area contributed by atoms with Crippen molar-refractivity contribution in [1.82, 2.24) is 0 Å². The van der Waals surface area contributed by atoms with Gasteiger partial charge in [0.05, 0.1) is 24.7 Å². The van der Waals surface area contributed by atoms with Gasteiger partial charge in [-0.3, -0.25) is 4.79 Å². The summed E-state index contributed by atoms with van der Waals surface area (Å²) in [5.41, 5.74) is 1.40. The van der Waals surface area contributed by atoms with Gasteiger partial charge >= 0.3 is 13.1 Å². The Hall–Kier alpha value is -1.44. The van der Waals surface area contributed by atoms with Gasteiger partial charge in [-0.1, -0.05) is 12.1 Å². The van der Waals surface area contributed by atoms with Crippen LogP contribution in [0.3, 0.4) is 0 Å². The maximum Gasteiger partial charge on any atom is 0.491 e. The smallest absolute Gasteiger partial charge is 0.491 e. The van der Waals surface area contributed by atoms with Gasteiger partial charge in [-0.25, -0.2) is 0 Å². The van der Waals surface area contributed by atoms with Gasteiger partial charge in [0, 0.05) is 5.75 Å². The van der Waals surface area contributed by atoms with Crippen LogP contribution >= 0.6 is 12.6 Å². The molecule has 1 aliphatic heterocycles. The number of ether oxygens (including phenoxy) is 1. The molecule has 2 rings (SSSR count). The van der Waals surface area contributed by atoms with Crippen LogP contribution in [0.2, 0.25) is 0 Å². The Morgan fingerprint density at radius 1 is 1.28 bits per heavy atom. The molecule has 25 heavy (non-hydrogen) atoms. The minimum atomic E-state index is -0.886. The number of aliphatic carboxylic acids is 1. The van der Waals surface area contributed by atoms with Crippen LogP contribution in [-0.4, -0.2) is 42.3 Å². The van der Waals surface area contributed by atoms with Gasteiger partial charge in [0.1, 0.15) is 5.75 Å².